The Balaban J connectivity index is 1.81. The normalized spacial score (nSPS) is 19.5. The molecule has 2 fully saturated rings. The molecule has 158 valence electrons. The highest BCUT2D eigenvalue weighted by molar-refractivity contribution is 5.61. The van der Waals surface area contributed by atoms with Crippen molar-refractivity contribution in [2.75, 3.05) is 88.5 Å². The lowest BCUT2D eigenvalue weighted by molar-refractivity contribution is 0.187. The van der Waals surface area contributed by atoms with Gasteiger partial charge in [0.25, 0.3) is 0 Å². The van der Waals surface area contributed by atoms with Crippen LogP contribution in [0.2, 0.25) is 0 Å². The molecule has 0 saturated carbocycles. The molecule has 1 aromatic rings. The maximum absolute atomic E-state index is 14.7. The Bertz CT molecular complexity index is 592. The largest absolute Gasteiger partial charge is 0.395 e. The van der Waals surface area contributed by atoms with E-state index in [1.54, 1.807) is 0 Å². The summed E-state index contributed by atoms with van der Waals surface area (Å²) in [7, 11) is 0. The highest BCUT2D eigenvalue weighted by atomic mass is 19.2. The van der Waals surface area contributed by atoms with Crippen LogP contribution in [0.25, 0.3) is 0 Å². The fourth-order valence-corrected chi connectivity index (χ4v) is 3.84. The first kappa shape index (κ1) is 21.1. The van der Waals surface area contributed by atoms with Crippen LogP contribution in [0.4, 0.5) is 28.9 Å². The Morgan fingerprint density at radius 3 is 1.07 bits per heavy atom. The molecule has 0 atom stereocenters. The van der Waals surface area contributed by atoms with Crippen molar-refractivity contribution in [1.29, 1.82) is 0 Å². The molecule has 0 aromatic heterocycles. The minimum Gasteiger partial charge on any atom is -0.395 e. The van der Waals surface area contributed by atoms with Crippen molar-refractivity contribution < 1.29 is 27.8 Å². The summed E-state index contributed by atoms with van der Waals surface area (Å²) in [6, 6.07) is 0. The van der Waals surface area contributed by atoms with Crippen LogP contribution in [0.5, 0.6) is 0 Å². The lowest BCUT2D eigenvalue weighted by Crippen LogP contribution is -2.49. The highest BCUT2D eigenvalue weighted by Gasteiger charge is 2.33. The zero-order valence-corrected chi connectivity index (χ0v) is 15.7. The SMILES string of the molecule is OCCN1CCN(c2c(F)c(F)c(N3CCN(CCO)CC3)c(F)c2F)CC1. The molecule has 0 radical (unpaired) electrons. The molecule has 2 saturated heterocycles. The van der Waals surface area contributed by atoms with Gasteiger partial charge in [-0.25, -0.2) is 17.6 Å². The molecule has 2 aliphatic heterocycles. The minimum absolute atomic E-state index is 0.0216. The quantitative estimate of drug-likeness (QED) is 0.529. The summed E-state index contributed by atoms with van der Waals surface area (Å²) in [5, 5.41) is 17.9. The number of β-amino-alcohol motifs (C(OH)–C–C–N with tert-alkyl or cyclic N) is 2. The first-order chi connectivity index (χ1) is 13.5. The van der Waals surface area contributed by atoms with E-state index < -0.39 is 34.6 Å². The van der Waals surface area contributed by atoms with Gasteiger partial charge in [-0.3, -0.25) is 9.80 Å². The molecular weight excluding hydrogens is 380 g/mol. The smallest absolute Gasteiger partial charge is 0.187 e. The average molecular weight is 406 g/mol. The lowest BCUT2D eigenvalue weighted by atomic mass is 10.1. The molecule has 0 amide bonds. The standard InChI is InChI=1S/C18H26F4N4O2/c19-13-15(21)18(26-7-3-24(4-8-26)10-12-28)16(22)14(20)17(13)25-5-1-23(2-6-25)9-11-27/h27-28H,1-12H2. The third-order valence-electron chi connectivity index (χ3n) is 5.43. The molecular formula is C18H26F4N4O2. The van der Waals surface area contributed by atoms with Gasteiger partial charge in [-0.15, -0.1) is 0 Å². The molecule has 10 heteroatoms. The van der Waals surface area contributed by atoms with E-state index in [0.29, 0.717) is 39.3 Å². The highest BCUT2D eigenvalue weighted by Crippen LogP contribution is 2.36. The van der Waals surface area contributed by atoms with Crippen LogP contribution >= 0.6 is 0 Å². The van der Waals surface area contributed by atoms with Gasteiger partial charge >= 0.3 is 0 Å². The van der Waals surface area contributed by atoms with Crippen LogP contribution < -0.4 is 9.80 Å². The molecule has 28 heavy (non-hydrogen) atoms. The van der Waals surface area contributed by atoms with Crippen LogP contribution in [0, 0.1) is 23.3 Å². The Labute approximate surface area is 161 Å². The number of piperazine rings is 2. The van der Waals surface area contributed by atoms with E-state index in [0.717, 1.165) is 0 Å². The number of rotatable bonds is 6. The van der Waals surface area contributed by atoms with Crippen molar-refractivity contribution in [3.05, 3.63) is 23.3 Å². The van der Waals surface area contributed by atoms with Crippen molar-refractivity contribution in [1.82, 2.24) is 9.80 Å². The summed E-state index contributed by atoms with van der Waals surface area (Å²) in [6.07, 6.45) is 0. The number of halogens is 4. The maximum Gasteiger partial charge on any atom is 0.187 e. The van der Waals surface area contributed by atoms with Gasteiger partial charge in [0.1, 0.15) is 11.4 Å². The Morgan fingerprint density at radius 1 is 0.536 bits per heavy atom. The predicted octanol–water partition coefficient (Wildman–Crippen LogP) is 0.472. The second-order valence-electron chi connectivity index (χ2n) is 7.06. The number of anilines is 2. The third kappa shape index (κ3) is 4.19. The summed E-state index contributed by atoms with van der Waals surface area (Å²) in [6.45, 7) is 3.47. The van der Waals surface area contributed by atoms with Crippen LogP contribution in [0.15, 0.2) is 0 Å². The molecule has 0 unspecified atom stereocenters. The predicted molar refractivity (Wildman–Crippen MR) is 97.8 cm³/mol. The fourth-order valence-electron chi connectivity index (χ4n) is 3.84. The molecule has 2 N–H and O–H groups in total. The first-order valence-corrected chi connectivity index (χ1v) is 9.50. The lowest BCUT2D eigenvalue weighted by Gasteiger charge is -2.38. The number of benzene rings is 1. The summed E-state index contributed by atoms with van der Waals surface area (Å²) in [4.78, 5) is 6.46. The molecule has 0 spiro atoms. The van der Waals surface area contributed by atoms with E-state index in [9.17, 15) is 17.6 Å². The Hall–Kier alpha value is -1.62. The second kappa shape index (κ2) is 9.25. The summed E-state index contributed by atoms with van der Waals surface area (Å²) in [5.74, 6) is -5.49. The van der Waals surface area contributed by atoms with E-state index in [1.807, 2.05) is 9.80 Å². The first-order valence-electron chi connectivity index (χ1n) is 9.50. The summed E-state index contributed by atoms with van der Waals surface area (Å²) >= 11 is 0. The van der Waals surface area contributed by atoms with Crippen LogP contribution in [0.3, 0.4) is 0 Å². The van der Waals surface area contributed by atoms with Gasteiger partial charge in [0.2, 0.25) is 0 Å². The van der Waals surface area contributed by atoms with E-state index >= 15 is 0 Å². The molecule has 1 aromatic carbocycles. The molecule has 3 rings (SSSR count). The van der Waals surface area contributed by atoms with E-state index in [-0.39, 0.29) is 39.4 Å². The van der Waals surface area contributed by atoms with E-state index in [1.165, 1.54) is 9.80 Å². The van der Waals surface area contributed by atoms with Crippen molar-refractivity contribution in [3.8, 4) is 0 Å². The van der Waals surface area contributed by atoms with Crippen molar-refractivity contribution >= 4 is 11.4 Å². The molecule has 2 heterocycles. The van der Waals surface area contributed by atoms with Gasteiger partial charge in [0.05, 0.1) is 13.2 Å². The molecule has 0 bridgehead atoms. The van der Waals surface area contributed by atoms with Crippen LogP contribution in [-0.4, -0.2) is 98.7 Å². The third-order valence-corrected chi connectivity index (χ3v) is 5.43. The monoisotopic (exact) mass is 406 g/mol. The average Bonchev–Trinajstić information content (AvgIpc) is 2.70. The van der Waals surface area contributed by atoms with Gasteiger partial charge < -0.3 is 20.0 Å². The molecule has 6 nitrogen and oxygen atoms in total. The van der Waals surface area contributed by atoms with Gasteiger partial charge in [0, 0.05) is 65.4 Å². The Morgan fingerprint density at radius 2 is 0.821 bits per heavy atom. The fraction of sp³-hybridized carbons (Fsp3) is 0.667. The van der Waals surface area contributed by atoms with Crippen LogP contribution in [-0.2, 0) is 0 Å². The Kier molecular flexibility index (Phi) is 6.97. The topological polar surface area (TPSA) is 53.4 Å². The second-order valence-corrected chi connectivity index (χ2v) is 7.06. The van der Waals surface area contributed by atoms with E-state index in [4.69, 9.17) is 10.2 Å². The molecule has 0 aliphatic carbocycles. The number of hydrogen-bond acceptors (Lipinski definition) is 6. The van der Waals surface area contributed by atoms with Crippen LogP contribution in [0.1, 0.15) is 0 Å². The number of aliphatic hydroxyl groups is 2. The van der Waals surface area contributed by atoms with Gasteiger partial charge in [-0.05, 0) is 0 Å². The number of hydrogen-bond donors (Lipinski definition) is 2. The number of aliphatic hydroxyl groups excluding tert-OH is 2. The zero-order valence-electron chi connectivity index (χ0n) is 15.7. The summed E-state index contributed by atoms with van der Waals surface area (Å²) in [5.41, 5.74) is -1.33. The van der Waals surface area contributed by atoms with Crippen molar-refractivity contribution in [2.45, 2.75) is 0 Å². The molecule has 2 aliphatic rings. The van der Waals surface area contributed by atoms with Crippen molar-refractivity contribution in [2.24, 2.45) is 0 Å². The zero-order chi connectivity index (χ0) is 20.3. The number of nitrogens with zero attached hydrogens (tertiary/aromatic N) is 4. The van der Waals surface area contributed by atoms with Gasteiger partial charge in [-0.1, -0.05) is 0 Å². The maximum atomic E-state index is 14.7. The summed E-state index contributed by atoms with van der Waals surface area (Å²) < 4.78 is 59.0. The van der Waals surface area contributed by atoms with Crippen molar-refractivity contribution in [3.63, 3.8) is 0 Å². The minimum atomic E-state index is -1.37. The van der Waals surface area contributed by atoms with Gasteiger partial charge in [-0.2, -0.15) is 0 Å². The van der Waals surface area contributed by atoms with E-state index in [2.05, 4.69) is 0 Å². The van der Waals surface area contributed by atoms with Gasteiger partial charge in [0.15, 0.2) is 23.3 Å².